The minimum atomic E-state index is -0.658. The van der Waals surface area contributed by atoms with Crippen molar-refractivity contribution < 1.29 is 19.4 Å². The van der Waals surface area contributed by atoms with E-state index in [1.807, 2.05) is 0 Å². The van der Waals surface area contributed by atoms with Crippen molar-refractivity contribution in [1.82, 2.24) is 5.32 Å². The van der Waals surface area contributed by atoms with Gasteiger partial charge < -0.3 is 20.9 Å². The second kappa shape index (κ2) is 53.5. The summed E-state index contributed by atoms with van der Waals surface area (Å²) in [5, 5.41) is 12.5. The molecule has 0 aromatic heterocycles. The topological polar surface area (TPSA) is 102 Å². The minimum absolute atomic E-state index is 0.0210. The van der Waals surface area contributed by atoms with E-state index < -0.39 is 5.97 Å². The number of nitrogens with two attached hydrogens (primary N) is 1. The molecule has 0 fully saturated rings. The van der Waals surface area contributed by atoms with Crippen molar-refractivity contribution in [2.75, 3.05) is 13.2 Å². The Hall–Kier alpha value is -1.14. The van der Waals surface area contributed by atoms with Crippen LogP contribution in [0.25, 0.3) is 0 Å². The van der Waals surface area contributed by atoms with Crippen molar-refractivity contribution >= 4 is 11.9 Å². The van der Waals surface area contributed by atoms with Gasteiger partial charge in [0.15, 0.2) is 0 Å². The highest BCUT2D eigenvalue weighted by atomic mass is 16.5. The van der Waals surface area contributed by atoms with Crippen LogP contribution in [0.15, 0.2) is 0 Å². The molecule has 0 aliphatic carbocycles. The summed E-state index contributed by atoms with van der Waals surface area (Å²) < 4.78 is 5.50. The molecule has 0 radical (unpaired) electrons. The number of hydrogen-bond donors (Lipinski definition) is 3. The smallest absolute Gasteiger partial charge is 0.305 e. The first-order valence-corrected chi connectivity index (χ1v) is 28.8. The second-order valence-electron chi connectivity index (χ2n) is 20.2. The van der Waals surface area contributed by atoms with Crippen LogP contribution in [0.3, 0.4) is 0 Å². The Morgan fingerprint density at radius 1 is 0.413 bits per heavy atom. The Kier molecular flexibility index (Phi) is 52.5. The van der Waals surface area contributed by atoms with Gasteiger partial charge in [-0.2, -0.15) is 0 Å². The molecule has 6 nitrogen and oxygen atoms in total. The normalized spacial score (nSPS) is 12.6. The first-order valence-electron chi connectivity index (χ1n) is 28.8. The number of nitrogens with one attached hydrogen (secondary N) is 1. The number of aliphatic carboxylic acids is 1. The van der Waals surface area contributed by atoms with Gasteiger partial charge in [-0.1, -0.05) is 277 Å². The number of carbonyl (C=O) groups excluding carboxylic acids is 1. The summed E-state index contributed by atoms with van der Waals surface area (Å²) in [6, 6.07) is 0.695. The zero-order chi connectivity index (χ0) is 45.8. The fourth-order valence-corrected chi connectivity index (χ4v) is 9.38. The molecule has 0 saturated heterocycles. The Morgan fingerprint density at radius 3 is 1.03 bits per heavy atom. The van der Waals surface area contributed by atoms with E-state index >= 15 is 0 Å². The van der Waals surface area contributed by atoms with Crippen molar-refractivity contribution in [3.63, 3.8) is 0 Å². The first-order chi connectivity index (χ1) is 31.0. The molecule has 0 amide bonds. The maximum absolute atomic E-state index is 12.1. The van der Waals surface area contributed by atoms with Crippen LogP contribution < -0.4 is 11.1 Å². The van der Waals surface area contributed by atoms with Crippen LogP contribution in [0.1, 0.15) is 328 Å². The molecule has 376 valence electrons. The first kappa shape index (κ1) is 61.9. The van der Waals surface area contributed by atoms with E-state index in [9.17, 15) is 9.59 Å². The van der Waals surface area contributed by atoms with E-state index in [0.29, 0.717) is 25.5 Å². The molecule has 63 heavy (non-hydrogen) atoms. The van der Waals surface area contributed by atoms with Crippen LogP contribution in [0, 0.1) is 0 Å². The molecule has 0 aromatic rings. The van der Waals surface area contributed by atoms with Gasteiger partial charge in [0.25, 0.3) is 0 Å². The second-order valence-corrected chi connectivity index (χ2v) is 20.2. The number of carboxylic acids is 1. The summed E-state index contributed by atoms with van der Waals surface area (Å²) in [5.74, 6) is -0.637. The Balaban J connectivity index is 3.34. The number of unbranched alkanes of at least 4 members (excludes halogenated alkanes) is 43. The third kappa shape index (κ3) is 53.4. The largest absolute Gasteiger partial charge is 0.481 e. The molecule has 0 heterocycles. The molecule has 4 N–H and O–H groups in total. The van der Waals surface area contributed by atoms with Crippen molar-refractivity contribution in [3.8, 4) is 0 Å². The van der Waals surface area contributed by atoms with Gasteiger partial charge >= 0.3 is 11.9 Å². The molecule has 2 unspecified atom stereocenters. The molecule has 0 spiro atoms. The van der Waals surface area contributed by atoms with E-state index in [1.165, 1.54) is 276 Å². The third-order valence-corrected chi connectivity index (χ3v) is 13.8. The Labute approximate surface area is 394 Å². The van der Waals surface area contributed by atoms with E-state index in [4.69, 9.17) is 15.6 Å². The molecule has 0 rings (SSSR count). The van der Waals surface area contributed by atoms with Gasteiger partial charge in [0.2, 0.25) is 0 Å². The zero-order valence-electron chi connectivity index (χ0n) is 43.0. The maximum Gasteiger partial charge on any atom is 0.305 e. The standard InChI is InChI=1S/C57H114N2O4/c1-3-4-5-6-7-8-9-10-11-18-23-28-33-38-43-48-53-63-57(62)51-46-41-36-31-26-21-16-13-17-22-27-32-37-42-47-52-59-55(54(2)58)49-44-39-34-29-24-19-14-12-15-20-25-30-35-40-45-50-56(60)61/h54-55,59H,3-53,58H2,1-2H3,(H,60,61). The van der Waals surface area contributed by atoms with Crippen LogP contribution in [0.5, 0.6) is 0 Å². The number of hydrogen-bond acceptors (Lipinski definition) is 5. The molecule has 0 aliphatic heterocycles. The minimum Gasteiger partial charge on any atom is -0.481 e. The van der Waals surface area contributed by atoms with Gasteiger partial charge in [0, 0.05) is 24.9 Å². The number of ether oxygens (including phenoxy) is 1. The summed E-state index contributed by atoms with van der Waals surface area (Å²) in [6.45, 7) is 6.20. The van der Waals surface area contributed by atoms with Gasteiger partial charge in [-0.25, -0.2) is 0 Å². The van der Waals surface area contributed by atoms with Crippen molar-refractivity contribution in [3.05, 3.63) is 0 Å². The maximum atomic E-state index is 12.1. The summed E-state index contributed by atoms with van der Waals surface area (Å²) in [7, 11) is 0. The van der Waals surface area contributed by atoms with E-state index in [0.717, 1.165) is 32.2 Å². The van der Waals surface area contributed by atoms with Crippen LogP contribution in [-0.2, 0) is 14.3 Å². The van der Waals surface area contributed by atoms with E-state index in [-0.39, 0.29) is 12.0 Å². The quantitative estimate of drug-likeness (QED) is 0.0415. The van der Waals surface area contributed by atoms with Crippen molar-refractivity contribution in [2.45, 2.75) is 341 Å². The third-order valence-electron chi connectivity index (χ3n) is 13.8. The van der Waals surface area contributed by atoms with Gasteiger partial charge in [-0.15, -0.1) is 0 Å². The zero-order valence-corrected chi connectivity index (χ0v) is 43.0. The molecule has 0 saturated carbocycles. The lowest BCUT2D eigenvalue weighted by molar-refractivity contribution is -0.144. The van der Waals surface area contributed by atoms with E-state index in [2.05, 4.69) is 19.2 Å². The predicted molar refractivity (Wildman–Crippen MR) is 276 cm³/mol. The molecular formula is C57H114N2O4. The van der Waals surface area contributed by atoms with Crippen molar-refractivity contribution in [2.24, 2.45) is 5.73 Å². The lowest BCUT2D eigenvalue weighted by Crippen LogP contribution is -2.43. The fraction of sp³-hybridized carbons (Fsp3) is 0.965. The monoisotopic (exact) mass is 891 g/mol. The molecule has 6 heteroatoms. The highest BCUT2D eigenvalue weighted by molar-refractivity contribution is 5.69. The van der Waals surface area contributed by atoms with Gasteiger partial charge in [0.1, 0.15) is 0 Å². The van der Waals surface area contributed by atoms with Crippen molar-refractivity contribution in [1.29, 1.82) is 0 Å². The summed E-state index contributed by atoms with van der Waals surface area (Å²) in [5.41, 5.74) is 6.34. The lowest BCUT2D eigenvalue weighted by atomic mass is 10.0. The summed E-state index contributed by atoms with van der Waals surface area (Å²) in [6.07, 6.45) is 63.3. The van der Waals surface area contributed by atoms with Crippen LogP contribution in [0.2, 0.25) is 0 Å². The van der Waals surface area contributed by atoms with Crippen LogP contribution in [0.4, 0.5) is 0 Å². The number of esters is 1. The number of carboxylic acid groups (broad SMARTS) is 1. The average Bonchev–Trinajstić information content (AvgIpc) is 3.27. The number of rotatable bonds is 55. The predicted octanol–water partition coefficient (Wildman–Crippen LogP) is 18.1. The lowest BCUT2D eigenvalue weighted by Gasteiger charge is -2.22. The Morgan fingerprint density at radius 2 is 0.698 bits per heavy atom. The highest BCUT2D eigenvalue weighted by Crippen LogP contribution is 2.18. The van der Waals surface area contributed by atoms with Crippen LogP contribution in [-0.4, -0.2) is 42.3 Å². The summed E-state index contributed by atoms with van der Waals surface area (Å²) in [4.78, 5) is 22.6. The molecule has 0 bridgehead atoms. The SMILES string of the molecule is CCCCCCCCCCCCCCCCCCOC(=O)CCCCCCCCCCCCCCCCCNC(CCCCCCCCCCCCCCCCCC(=O)O)C(C)N. The molecule has 0 aromatic carbocycles. The van der Waals surface area contributed by atoms with Gasteiger partial charge in [0.05, 0.1) is 6.61 Å². The Bertz CT molecular complexity index is 897. The average molecular weight is 892 g/mol. The van der Waals surface area contributed by atoms with E-state index in [1.54, 1.807) is 0 Å². The number of carbonyl (C=O) groups is 2. The fourth-order valence-electron chi connectivity index (χ4n) is 9.38. The molecule has 2 atom stereocenters. The molecule has 0 aliphatic rings. The summed E-state index contributed by atoms with van der Waals surface area (Å²) >= 11 is 0. The van der Waals surface area contributed by atoms with Crippen LogP contribution >= 0.6 is 0 Å². The van der Waals surface area contributed by atoms with Gasteiger partial charge in [-0.3, -0.25) is 9.59 Å². The van der Waals surface area contributed by atoms with Gasteiger partial charge in [-0.05, 0) is 45.6 Å². The molecular weight excluding hydrogens is 777 g/mol. The highest BCUT2D eigenvalue weighted by Gasteiger charge is 2.12.